The summed E-state index contributed by atoms with van der Waals surface area (Å²) in [5.41, 5.74) is 0. The molecular formula is C7H14BrNO2S. The van der Waals surface area contributed by atoms with Crippen LogP contribution in [0.5, 0.6) is 0 Å². The molecule has 0 radical (unpaired) electrons. The van der Waals surface area contributed by atoms with Gasteiger partial charge in [-0.1, -0.05) is 29.3 Å². The van der Waals surface area contributed by atoms with Crippen LogP contribution in [0, 0.1) is 5.92 Å². The van der Waals surface area contributed by atoms with E-state index in [1.165, 1.54) is 0 Å². The molecular weight excluding hydrogens is 242 g/mol. The summed E-state index contributed by atoms with van der Waals surface area (Å²) >= 11 is 2.94. The first-order chi connectivity index (χ1) is 5.59. The zero-order chi connectivity index (χ0) is 9.19. The van der Waals surface area contributed by atoms with Gasteiger partial charge in [0.1, 0.15) is 4.66 Å². The van der Waals surface area contributed by atoms with Gasteiger partial charge in [0.15, 0.2) is 0 Å². The third-order valence-corrected chi connectivity index (χ3v) is 4.81. The summed E-state index contributed by atoms with van der Waals surface area (Å²) in [6.45, 7) is 2.12. The van der Waals surface area contributed by atoms with Gasteiger partial charge in [-0.3, -0.25) is 0 Å². The van der Waals surface area contributed by atoms with Crippen molar-refractivity contribution >= 4 is 26.0 Å². The Balaban J connectivity index is 2.28. The average Bonchev–Trinajstić information content (AvgIpc) is 2.68. The van der Waals surface area contributed by atoms with Crippen LogP contribution in [0.3, 0.4) is 0 Å². The van der Waals surface area contributed by atoms with Crippen LogP contribution in [0.1, 0.15) is 26.2 Å². The second-order valence-electron chi connectivity index (χ2n) is 3.23. The van der Waals surface area contributed by atoms with Crippen molar-refractivity contribution in [2.45, 2.75) is 32.2 Å². The van der Waals surface area contributed by atoms with Crippen molar-refractivity contribution in [3.63, 3.8) is 0 Å². The number of sulfonamides is 1. The molecule has 0 aromatic heterocycles. The average molecular weight is 256 g/mol. The molecule has 1 saturated carbocycles. The number of hydrogen-bond acceptors (Lipinski definition) is 2. The molecule has 0 aromatic carbocycles. The van der Waals surface area contributed by atoms with Gasteiger partial charge in [0.25, 0.3) is 0 Å². The van der Waals surface area contributed by atoms with E-state index < -0.39 is 10.0 Å². The van der Waals surface area contributed by atoms with E-state index in [1.807, 2.05) is 0 Å². The molecule has 1 aliphatic rings. The molecule has 0 amide bonds. The van der Waals surface area contributed by atoms with Gasteiger partial charge < -0.3 is 0 Å². The van der Waals surface area contributed by atoms with Crippen LogP contribution in [-0.4, -0.2) is 19.1 Å². The lowest BCUT2D eigenvalue weighted by atomic mass is 10.2. The zero-order valence-electron chi connectivity index (χ0n) is 7.09. The molecule has 0 aliphatic heterocycles. The number of rotatable bonds is 5. The molecule has 0 heterocycles. The number of hydrogen-bond donors (Lipinski definition) is 1. The molecule has 1 rings (SSSR count). The van der Waals surface area contributed by atoms with Crippen LogP contribution in [0.4, 0.5) is 0 Å². The Labute approximate surface area is 82.1 Å². The molecule has 72 valence electrons. The third-order valence-electron chi connectivity index (χ3n) is 2.06. The molecule has 5 heteroatoms. The van der Waals surface area contributed by atoms with Gasteiger partial charge >= 0.3 is 0 Å². The van der Waals surface area contributed by atoms with Gasteiger partial charge in [-0.05, 0) is 18.8 Å². The minimum Gasteiger partial charge on any atom is -0.212 e. The van der Waals surface area contributed by atoms with E-state index in [2.05, 4.69) is 27.6 Å². The minimum absolute atomic E-state index is 0.00927. The Morgan fingerprint density at radius 2 is 2.25 bits per heavy atom. The lowest BCUT2D eigenvalue weighted by Gasteiger charge is -2.01. The van der Waals surface area contributed by atoms with Gasteiger partial charge in [0.2, 0.25) is 10.0 Å². The topological polar surface area (TPSA) is 46.2 Å². The summed E-state index contributed by atoms with van der Waals surface area (Å²) in [4.78, 5) is 0. The summed E-state index contributed by atoms with van der Waals surface area (Å²) in [6, 6.07) is 0.215. The second kappa shape index (κ2) is 4.07. The van der Waals surface area contributed by atoms with Gasteiger partial charge in [-0.2, -0.15) is 0 Å². The van der Waals surface area contributed by atoms with E-state index in [0.29, 0.717) is 5.92 Å². The Hall–Kier alpha value is 0.390. The Morgan fingerprint density at radius 3 is 2.75 bits per heavy atom. The maximum Gasteiger partial charge on any atom is 0.221 e. The normalized spacial score (nSPS) is 28.8. The minimum atomic E-state index is -3.04. The monoisotopic (exact) mass is 255 g/mol. The van der Waals surface area contributed by atoms with Gasteiger partial charge in [-0.15, -0.1) is 0 Å². The maximum absolute atomic E-state index is 11.0. The molecule has 0 saturated heterocycles. The van der Waals surface area contributed by atoms with E-state index in [4.69, 9.17) is 0 Å². The van der Waals surface area contributed by atoms with Gasteiger partial charge in [0, 0.05) is 6.04 Å². The summed E-state index contributed by atoms with van der Waals surface area (Å²) < 4.78 is 24.7. The molecule has 1 fully saturated rings. The Kier molecular flexibility index (Phi) is 3.55. The fraction of sp³-hybridized carbons (Fsp3) is 1.00. The number of alkyl halides is 1. The molecule has 3 nitrogen and oxygen atoms in total. The van der Waals surface area contributed by atoms with Crippen LogP contribution in [0.25, 0.3) is 0 Å². The maximum atomic E-state index is 11.0. The van der Waals surface area contributed by atoms with Crippen molar-refractivity contribution < 1.29 is 8.42 Å². The first kappa shape index (κ1) is 10.5. The first-order valence-electron chi connectivity index (χ1n) is 4.15. The van der Waals surface area contributed by atoms with Crippen LogP contribution in [0.15, 0.2) is 0 Å². The fourth-order valence-corrected chi connectivity index (χ4v) is 2.55. The summed E-state index contributed by atoms with van der Waals surface area (Å²) in [5, 5.41) is 0. The summed E-state index contributed by atoms with van der Waals surface area (Å²) in [7, 11) is -3.04. The Morgan fingerprint density at radius 1 is 1.58 bits per heavy atom. The largest absolute Gasteiger partial charge is 0.221 e. The molecule has 0 spiro atoms. The highest BCUT2D eigenvalue weighted by Gasteiger charge is 2.38. The highest BCUT2D eigenvalue weighted by molar-refractivity contribution is 9.10. The van der Waals surface area contributed by atoms with E-state index in [-0.39, 0.29) is 10.7 Å². The van der Waals surface area contributed by atoms with Crippen molar-refractivity contribution in [3.05, 3.63) is 0 Å². The highest BCUT2D eigenvalue weighted by Crippen LogP contribution is 2.35. The summed E-state index contributed by atoms with van der Waals surface area (Å²) in [5.74, 6) is 0.587. The molecule has 0 bridgehead atoms. The first-order valence-corrected chi connectivity index (χ1v) is 6.92. The van der Waals surface area contributed by atoms with Crippen molar-refractivity contribution in [2.75, 3.05) is 4.66 Å². The smallest absolute Gasteiger partial charge is 0.212 e. The van der Waals surface area contributed by atoms with Crippen molar-refractivity contribution in [3.8, 4) is 0 Å². The molecule has 2 unspecified atom stereocenters. The van der Waals surface area contributed by atoms with Crippen LogP contribution < -0.4 is 4.72 Å². The van der Waals surface area contributed by atoms with E-state index in [0.717, 1.165) is 19.3 Å². The van der Waals surface area contributed by atoms with Crippen molar-refractivity contribution in [1.82, 2.24) is 4.72 Å². The zero-order valence-corrected chi connectivity index (χ0v) is 9.49. The second-order valence-corrected chi connectivity index (χ2v) is 6.29. The molecule has 2 atom stereocenters. The van der Waals surface area contributed by atoms with E-state index >= 15 is 0 Å². The van der Waals surface area contributed by atoms with Gasteiger partial charge in [0.05, 0.1) is 0 Å². The molecule has 12 heavy (non-hydrogen) atoms. The lowest BCUT2D eigenvalue weighted by Crippen LogP contribution is -2.27. The Bertz CT molecular complexity index is 240. The van der Waals surface area contributed by atoms with E-state index in [1.54, 1.807) is 0 Å². The predicted octanol–water partition coefficient (Wildman–Crippen LogP) is 1.45. The lowest BCUT2D eigenvalue weighted by molar-refractivity contribution is 0.578. The SMILES string of the molecule is CCCC1CC1NS(=O)(=O)CBr. The molecule has 1 N–H and O–H groups in total. The van der Waals surface area contributed by atoms with E-state index in [9.17, 15) is 8.42 Å². The third kappa shape index (κ3) is 3.03. The standard InChI is InChI=1S/C7H14BrNO2S/c1-2-3-6-4-7(6)9-12(10,11)5-8/h6-7,9H,2-5H2,1H3. The number of halogens is 1. The molecule has 1 aliphatic carbocycles. The number of nitrogens with one attached hydrogen (secondary N) is 1. The summed E-state index contributed by atoms with van der Waals surface area (Å²) in [6.07, 6.45) is 3.28. The van der Waals surface area contributed by atoms with Crippen LogP contribution >= 0.6 is 15.9 Å². The highest BCUT2D eigenvalue weighted by atomic mass is 79.9. The van der Waals surface area contributed by atoms with Gasteiger partial charge in [-0.25, -0.2) is 13.1 Å². The quantitative estimate of drug-likeness (QED) is 0.757. The fourth-order valence-electron chi connectivity index (χ4n) is 1.34. The van der Waals surface area contributed by atoms with Crippen LogP contribution in [-0.2, 0) is 10.0 Å². The van der Waals surface area contributed by atoms with Crippen molar-refractivity contribution in [2.24, 2.45) is 5.92 Å². The predicted molar refractivity (Wildman–Crippen MR) is 52.7 cm³/mol. The van der Waals surface area contributed by atoms with Crippen LogP contribution in [0.2, 0.25) is 0 Å². The van der Waals surface area contributed by atoms with Crippen molar-refractivity contribution in [1.29, 1.82) is 0 Å². The molecule has 0 aromatic rings.